The van der Waals surface area contributed by atoms with Crippen LogP contribution in [0.4, 0.5) is 5.69 Å². The zero-order valence-electron chi connectivity index (χ0n) is 12.1. The molecule has 0 aliphatic rings. The summed E-state index contributed by atoms with van der Waals surface area (Å²) in [5, 5.41) is 14.1. The van der Waals surface area contributed by atoms with Crippen LogP contribution in [0, 0.1) is 17.0 Å². The average Bonchev–Trinajstić information content (AvgIpc) is 2.52. The summed E-state index contributed by atoms with van der Waals surface area (Å²) < 4.78 is 4.84. The van der Waals surface area contributed by atoms with Gasteiger partial charge in [0.2, 0.25) is 0 Å². The number of non-ortho nitro benzene ring substituents is 1. The molecule has 3 rings (SSSR count). The van der Waals surface area contributed by atoms with Crippen LogP contribution >= 0.6 is 0 Å². The zero-order chi connectivity index (χ0) is 15.9. The minimum absolute atomic E-state index is 0.00484. The van der Waals surface area contributed by atoms with Crippen LogP contribution in [0.15, 0.2) is 42.5 Å². The molecule has 0 N–H and O–H groups in total. The number of carbonyl (C=O) groups is 1. The van der Waals surface area contributed by atoms with Gasteiger partial charge in [0, 0.05) is 12.1 Å². The van der Waals surface area contributed by atoms with E-state index < -0.39 is 10.9 Å². The van der Waals surface area contributed by atoms with Gasteiger partial charge >= 0.3 is 5.97 Å². The number of aryl methyl sites for hydroxylation is 1. The molecule has 0 saturated carbocycles. The highest BCUT2D eigenvalue weighted by Gasteiger charge is 2.15. The quantitative estimate of drug-likeness (QED) is 0.310. The summed E-state index contributed by atoms with van der Waals surface area (Å²) in [7, 11) is 1.32. The molecule has 5 nitrogen and oxygen atoms in total. The first-order valence-electron chi connectivity index (χ1n) is 6.71. The largest absolute Gasteiger partial charge is 0.465 e. The summed E-state index contributed by atoms with van der Waals surface area (Å²) in [5.41, 5.74) is 1.43. The van der Waals surface area contributed by atoms with E-state index in [2.05, 4.69) is 0 Å². The van der Waals surface area contributed by atoms with E-state index in [4.69, 9.17) is 4.74 Å². The van der Waals surface area contributed by atoms with E-state index in [0.717, 1.165) is 21.7 Å². The number of methoxy groups -OCH3 is 1. The number of benzene rings is 3. The Morgan fingerprint density at radius 3 is 2.45 bits per heavy atom. The summed E-state index contributed by atoms with van der Waals surface area (Å²) in [6.45, 7) is 1.94. The highest BCUT2D eigenvalue weighted by Crippen LogP contribution is 2.32. The highest BCUT2D eigenvalue weighted by atomic mass is 16.6. The first-order chi connectivity index (χ1) is 10.5. The number of nitro benzene ring substituents is 1. The van der Waals surface area contributed by atoms with Crippen LogP contribution in [0.1, 0.15) is 15.9 Å². The molecule has 3 aromatic rings. The van der Waals surface area contributed by atoms with Gasteiger partial charge in [0.1, 0.15) is 0 Å². The Bertz CT molecular complexity index is 931. The lowest BCUT2D eigenvalue weighted by Gasteiger charge is -2.10. The van der Waals surface area contributed by atoms with Crippen molar-refractivity contribution >= 4 is 33.2 Å². The van der Waals surface area contributed by atoms with Crippen molar-refractivity contribution in [3.05, 3.63) is 63.7 Å². The van der Waals surface area contributed by atoms with Crippen LogP contribution in [0.3, 0.4) is 0 Å². The molecule has 5 heteroatoms. The Kier molecular flexibility index (Phi) is 3.25. The Morgan fingerprint density at radius 1 is 1.05 bits per heavy atom. The molecule has 3 aromatic carbocycles. The van der Waals surface area contributed by atoms with Crippen molar-refractivity contribution in [1.82, 2.24) is 0 Å². The van der Waals surface area contributed by atoms with Crippen molar-refractivity contribution in [2.24, 2.45) is 0 Å². The van der Waals surface area contributed by atoms with Crippen molar-refractivity contribution in [3.8, 4) is 0 Å². The number of esters is 1. The van der Waals surface area contributed by atoms with Crippen LogP contribution in [0.25, 0.3) is 21.5 Å². The molecular formula is C17H13NO4. The monoisotopic (exact) mass is 295 g/mol. The van der Waals surface area contributed by atoms with Crippen LogP contribution in [-0.4, -0.2) is 18.0 Å². The maximum Gasteiger partial charge on any atom is 0.338 e. The number of hydrogen-bond acceptors (Lipinski definition) is 4. The number of hydrogen-bond donors (Lipinski definition) is 0. The normalized spacial score (nSPS) is 10.8. The van der Waals surface area contributed by atoms with Crippen LogP contribution in [0.2, 0.25) is 0 Å². The van der Waals surface area contributed by atoms with E-state index in [9.17, 15) is 14.9 Å². The number of nitrogens with zero attached hydrogens (tertiary/aromatic N) is 1. The zero-order valence-corrected chi connectivity index (χ0v) is 12.1. The molecule has 0 fully saturated rings. The van der Waals surface area contributed by atoms with E-state index >= 15 is 0 Å². The fourth-order valence-electron chi connectivity index (χ4n) is 2.66. The lowest BCUT2D eigenvalue weighted by atomic mass is 9.95. The topological polar surface area (TPSA) is 69.4 Å². The van der Waals surface area contributed by atoms with E-state index in [1.54, 1.807) is 12.1 Å². The summed E-state index contributed by atoms with van der Waals surface area (Å²) in [6.07, 6.45) is 0. The molecule has 0 aromatic heterocycles. The van der Waals surface area contributed by atoms with E-state index in [0.29, 0.717) is 10.9 Å². The molecule has 0 atom stereocenters. The van der Waals surface area contributed by atoms with Gasteiger partial charge in [-0.3, -0.25) is 10.1 Å². The predicted molar refractivity (Wildman–Crippen MR) is 84.2 cm³/mol. The van der Waals surface area contributed by atoms with Gasteiger partial charge in [-0.25, -0.2) is 4.79 Å². The van der Waals surface area contributed by atoms with E-state index in [1.165, 1.54) is 19.2 Å². The summed E-state index contributed by atoms with van der Waals surface area (Å²) in [5.74, 6) is -0.455. The summed E-state index contributed by atoms with van der Waals surface area (Å²) >= 11 is 0. The number of carbonyl (C=O) groups excluding carboxylic acids is 1. The summed E-state index contributed by atoms with van der Waals surface area (Å²) in [6, 6.07) is 12.1. The number of ether oxygens (including phenoxy) is 1. The Balaban J connectivity index is 2.45. The van der Waals surface area contributed by atoms with Gasteiger partial charge in [-0.1, -0.05) is 23.8 Å². The Labute approximate surface area is 126 Å². The number of fused-ring (bicyclic) bond motifs is 3. The maximum atomic E-state index is 12.0. The third-order valence-electron chi connectivity index (χ3n) is 3.71. The molecule has 0 unspecified atom stereocenters. The third kappa shape index (κ3) is 2.16. The van der Waals surface area contributed by atoms with Crippen molar-refractivity contribution in [1.29, 1.82) is 0 Å². The van der Waals surface area contributed by atoms with Crippen LogP contribution in [-0.2, 0) is 4.74 Å². The van der Waals surface area contributed by atoms with Gasteiger partial charge < -0.3 is 4.74 Å². The van der Waals surface area contributed by atoms with Crippen molar-refractivity contribution in [2.75, 3.05) is 7.11 Å². The maximum absolute atomic E-state index is 12.0. The first-order valence-corrected chi connectivity index (χ1v) is 6.71. The molecule has 22 heavy (non-hydrogen) atoms. The molecule has 0 spiro atoms. The predicted octanol–water partition coefficient (Wildman–Crippen LogP) is 4.00. The third-order valence-corrected chi connectivity index (χ3v) is 3.71. The lowest BCUT2D eigenvalue weighted by molar-refractivity contribution is -0.384. The smallest absolute Gasteiger partial charge is 0.338 e. The number of nitro groups is 1. The van der Waals surface area contributed by atoms with Gasteiger partial charge in [-0.2, -0.15) is 0 Å². The summed E-state index contributed by atoms with van der Waals surface area (Å²) in [4.78, 5) is 22.5. The van der Waals surface area contributed by atoms with Crippen LogP contribution < -0.4 is 0 Å². The standard InChI is InChI=1S/C17H13NO4/c1-10-3-5-14-13-6-4-12(18(20)21)8-11(13)9-16(15(14)7-10)17(19)22-2/h3-9H,1-2H3. The molecule has 0 saturated heterocycles. The molecular weight excluding hydrogens is 282 g/mol. The minimum Gasteiger partial charge on any atom is -0.465 e. The van der Waals surface area contributed by atoms with Gasteiger partial charge in [-0.05, 0) is 40.6 Å². The van der Waals surface area contributed by atoms with E-state index in [-0.39, 0.29) is 5.69 Å². The molecule has 0 bridgehead atoms. The number of rotatable bonds is 2. The molecule has 0 amide bonds. The second-order valence-corrected chi connectivity index (χ2v) is 5.13. The second kappa shape index (κ2) is 5.11. The highest BCUT2D eigenvalue weighted by molar-refractivity contribution is 6.16. The van der Waals surface area contributed by atoms with Crippen molar-refractivity contribution in [3.63, 3.8) is 0 Å². The Hall–Kier alpha value is -2.95. The van der Waals surface area contributed by atoms with E-state index in [1.807, 2.05) is 25.1 Å². The SMILES string of the molecule is COC(=O)c1cc2cc([N+](=O)[O-])ccc2c2ccc(C)cc12. The molecule has 0 aliphatic carbocycles. The fourth-order valence-corrected chi connectivity index (χ4v) is 2.66. The molecule has 110 valence electrons. The van der Waals surface area contributed by atoms with Gasteiger partial charge in [0.15, 0.2) is 0 Å². The molecule has 0 aliphatic heterocycles. The lowest BCUT2D eigenvalue weighted by Crippen LogP contribution is -2.02. The molecule has 0 heterocycles. The van der Waals surface area contributed by atoms with Gasteiger partial charge in [0.25, 0.3) is 5.69 Å². The fraction of sp³-hybridized carbons (Fsp3) is 0.118. The van der Waals surface area contributed by atoms with Crippen LogP contribution in [0.5, 0.6) is 0 Å². The Morgan fingerprint density at radius 2 is 1.77 bits per heavy atom. The van der Waals surface area contributed by atoms with Gasteiger partial charge in [0.05, 0.1) is 17.6 Å². The van der Waals surface area contributed by atoms with Gasteiger partial charge in [-0.15, -0.1) is 0 Å². The van der Waals surface area contributed by atoms with Crippen molar-refractivity contribution < 1.29 is 14.5 Å². The first kappa shape index (κ1) is 14.0. The van der Waals surface area contributed by atoms with Crippen molar-refractivity contribution in [2.45, 2.75) is 6.92 Å². The minimum atomic E-state index is -0.455. The average molecular weight is 295 g/mol. The second-order valence-electron chi connectivity index (χ2n) is 5.13. The molecule has 0 radical (unpaired) electrons.